The lowest BCUT2D eigenvalue weighted by atomic mass is 9.60. The molecule has 356 valence electrons. The Morgan fingerprint density at radius 1 is 0.303 bits per heavy atom. The molecule has 13 aromatic rings. The van der Waals surface area contributed by atoms with Gasteiger partial charge in [-0.05, 0) is 88.5 Å². The second-order valence-corrected chi connectivity index (χ2v) is 23.9. The molecule has 76 heavy (non-hydrogen) atoms. The Kier molecular flexibility index (Phi) is 10.3. The summed E-state index contributed by atoms with van der Waals surface area (Å²) in [5, 5.41) is 7.81. The van der Waals surface area contributed by atoms with Gasteiger partial charge in [0, 0.05) is 33.7 Å². The van der Waals surface area contributed by atoms with E-state index in [1.807, 2.05) is 6.07 Å². The molecule has 3 aliphatic carbocycles. The summed E-state index contributed by atoms with van der Waals surface area (Å²) in [7, 11) is -3.12. The topological polar surface area (TPSA) is 43.6 Å². The van der Waals surface area contributed by atoms with Crippen LogP contribution in [-0.2, 0) is 0 Å². The first-order valence-electron chi connectivity index (χ1n) is 26.3. The number of nitrogens with zero attached hydrogens (tertiary/aromatic N) is 4. The molecule has 2 atom stereocenters. The van der Waals surface area contributed by atoms with E-state index in [2.05, 4.69) is 278 Å². The van der Waals surface area contributed by atoms with Crippen LogP contribution in [0, 0.1) is 0 Å². The standard InChI is InChI=1S/C71H48N4Si/c1-5-24-47(25-6-1)49-28-21-33-52(46-49)76(50-29-9-3-10-30-50,51-31-11-4-12-32-51)64-45-23-42-61-65-57-37-14-15-38-58(57)68(67(61)64)66-56(40-22-41-60(65)66)53-34-13-16-39-59(53)70-72-69(48-26-7-2-8-27-48)73-71(74-70)75-62-43-19-17-35-54(62)55-36-18-20-44-63(55)75/h1-46,65,68H. The largest absolute Gasteiger partial charge is 0.278 e. The number of rotatable bonds is 9. The molecule has 4 nitrogen and oxygen atoms in total. The average molecular weight is 985 g/mol. The monoisotopic (exact) mass is 984 g/mol. The van der Waals surface area contributed by atoms with Gasteiger partial charge < -0.3 is 0 Å². The van der Waals surface area contributed by atoms with Gasteiger partial charge in [0.2, 0.25) is 5.95 Å². The normalized spacial score (nSPS) is 14.3. The molecule has 0 fully saturated rings. The fourth-order valence-electron chi connectivity index (χ4n) is 13.1. The summed E-state index contributed by atoms with van der Waals surface area (Å²) >= 11 is 0. The van der Waals surface area contributed by atoms with Crippen molar-refractivity contribution in [2.45, 2.75) is 11.8 Å². The molecular formula is C71H48N4Si. The zero-order valence-electron chi connectivity index (χ0n) is 41.5. The van der Waals surface area contributed by atoms with E-state index >= 15 is 0 Å². The highest BCUT2D eigenvalue weighted by molar-refractivity contribution is 7.20. The Balaban J connectivity index is 0.990. The summed E-state index contributed by atoms with van der Waals surface area (Å²) < 4.78 is 2.20. The highest BCUT2D eigenvalue weighted by Crippen LogP contribution is 2.58. The molecule has 0 saturated heterocycles. The maximum Gasteiger partial charge on any atom is 0.238 e. The molecule has 0 radical (unpaired) electrons. The second kappa shape index (κ2) is 17.8. The minimum absolute atomic E-state index is 0.0240. The predicted octanol–water partition coefficient (Wildman–Crippen LogP) is 14.0. The van der Waals surface area contributed by atoms with Crippen molar-refractivity contribution in [3.8, 4) is 51.0 Å². The van der Waals surface area contributed by atoms with Gasteiger partial charge in [-0.3, -0.25) is 4.57 Å². The van der Waals surface area contributed by atoms with Gasteiger partial charge in [-0.25, -0.2) is 4.98 Å². The van der Waals surface area contributed by atoms with Crippen molar-refractivity contribution in [3.05, 3.63) is 312 Å². The van der Waals surface area contributed by atoms with Gasteiger partial charge in [-0.2, -0.15) is 9.97 Å². The van der Waals surface area contributed by atoms with Gasteiger partial charge in [0.25, 0.3) is 0 Å². The van der Waals surface area contributed by atoms with Crippen LogP contribution in [0.4, 0.5) is 0 Å². The van der Waals surface area contributed by atoms with Gasteiger partial charge in [-0.1, -0.05) is 267 Å². The van der Waals surface area contributed by atoms with Gasteiger partial charge in [0.1, 0.15) is 0 Å². The minimum atomic E-state index is -3.12. The van der Waals surface area contributed by atoms with Crippen LogP contribution in [0.5, 0.6) is 0 Å². The number of benzene rings is 11. The first kappa shape index (κ1) is 44.0. The Morgan fingerprint density at radius 3 is 1.43 bits per heavy atom. The van der Waals surface area contributed by atoms with Crippen LogP contribution in [0.2, 0.25) is 0 Å². The van der Waals surface area contributed by atoms with E-state index in [-0.39, 0.29) is 11.8 Å². The molecular weight excluding hydrogens is 937 g/mol. The predicted molar refractivity (Wildman–Crippen MR) is 314 cm³/mol. The van der Waals surface area contributed by atoms with Crippen LogP contribution in [-0.4, -0.2) is 27.6 Å². The Hall–Kier alpha value is -9.55. The number of aromatic nitrogens is 4. The molecule has 2 unspecified atom stereocenters. The molecule has 2 bridgehead atoms. The summed E-state index contributed by atoms with van der Waals surface area (Å²) in [5.41, 5.74) is 17.0. The average Bonchev–Trinajstić information content (AvgIpc) is 3.85. The molecule has 2 heterocycles. The Morgan fingerprint density at radius 2 is 0.763 bits per heavy atom. The third-order valence-electron chi connectivity index (χ3n) is 16.2. The number of para-hydroxylation sites is 2. The third-order valence-corrected chi connectivity index (χ3v) is 21.0. The fourth-order valence-corrected chi connectivity index (χ4v) is 18.2. The van der Waals surface area contributed by atoms with Gasteiger partial charge >= 0.3 is 0 Å². The molecule has 5 heteroatoms. The van der Waals surface area contributed by atoms with Crippen molar-refractivity contribution in [1.29, 1.82) is 0 Å². The van der Waals surface area contributed by atoms with E-state index in [4.69, 9.17) is 15.0 Å². The van der Waals surface area contributed by atoms with Crippen LogP contribution in [0.15, 0.2) is 279 Å². The van der Waals surface area contributed by atoms with Crippen LogP contribution >= 0.6 is 0 Å². The molecule has 2 aromatic heterocycles. The lowest BCUT2D eigenvalue weighted by Crippen LogP contribution is -2.75. The lowest BCUT2D eigenvalue weighted by molar-refractivity contribution is 0.760. The van der Waals surface area contributed by atoms with Crippen molar-refractivity contribution in [3.63, 3.8) is 0 Å². The molecule has 16 rings (SSSR count). The summed E-state index contributed by atoms with van der Waals surface area (Å²) in [4.78, 5) is 16.2. The van der Waals surface area contributed by atoms with Crippen molar-refractivity contribution >= 4 is 50.6 Å². The van der Waals surface area contributed by atoms with Crippen LogP contribution in [0.25, 0.3) is 72.8 Å². The van der Waals surface area contributed by atoms with E-state index in [1.165, 1.54) is 70.8 Å². The zero-order chi connectivity index (χ0) is 50.2. The van der Waals surface area contributed by atoms with E-state index in [0.29, 0.717) is 17.6 Å². The van der Waals surface area contributed by atoms with Crippen molar-refractivity contribution in [2.24, 2.45) is 0 Å². The number of hydrogen-bond donors (Lipinski definition) is 0. The first-order chi connectivity index (χ1) is 37.7. The highest BCUT2D eigenvalue weighted by Gasteiger charge is 2.50. The summed E-state index contributed by atoms with van der Waals surface area (Å²) in [5.74, 6) is 1.78. The van der Waals surface area contributed by atoms with E-state index in [0.717, 1.165) is 38.5 Å². The maximum absolute atomic E-state index is 5.51. The van der Waals surface area contributed by atoms with Crippen LogP contribution < -0.4 is 20.7 Å². The smallest absolute Gasteiger partial charge is 0.238 e. The molecule has 0 N–H and O–H groups in total. The fraction of sp³-hybridized carbons (Fsp3) is 0.0282. The zero-order valence-corrected chi connectivity index (χ0v) is 42.5. The molecule has 0 aliphatic heterocycles. The summed E-state index contributed by atoms with van der Waals surface area (Å²) in [6.45, 7) is 0. The minimum Gasteiger partial charge on any atom is -0.278 e. The number of hydrogen-bond acceptors (Lipinski definition) is 3. The SMILES string of the molecule is c1ccc(-c2cccc([Si](c3ccccc3)(c3ccccc3)c3cccc4c3C3c5ccccc5C4c4cccc(-c5ccccc5-c5nc(-c6ccccc6)nc(-n6c7ccccc7c7ccccc76)n5)c43)c2)cc1. The van der Waals surface area contributed by atoms with E-state index < -0.39 is 8.07 Å². The van der Waals surface area contributed by atoms with Crippen molar-refractivity contribution in [2.75, 3.05) is 0 Å². The second-order valence-electron chi connectivity index (χ2n) is 20.1. The van der Waals surface area contributed by atoms with E-state index in [1.54, 1.807) is 0 Å². The quantitative estimate of drug-likeness (QED) is 0.107. The maximum atomic E-state index is 5.51. The summed E-state index contributed by atoms with van der Waals surface area (Å²) in [6, 6.07) is 103. The van der Waals surface area contributed by atoms with Crippen molar-refractivity contribution < 1.29 is 0 Å². The third kappa shape index (κ3) is 6.72. The summed E-state index contributed by atoms with van der Waals surface area (Å²) in [6.07, 6.45) is 0. The van der Waals surface area contributed by atoms with Crippen molar-refractivity contribution in [1.82, 2.24) is 19.5 Å². The molecule has 3 aliphatic rings. The van der Waals surface area contributed by atoms with Gasteiger partial charge in [0.15, 0.2) is 19.7 Å². The highest BCUT2D eigenvalue weighted by atomic mass is 28.3. The van der Waals surface area contributed by atoms with Gasteiger partial charge in [-0.15, -0.1) is 0 Å². The molecule has 0 spiro atoms. The Labute approximate surface area is 443 Å². The number of fused-ring (bicyclic) bond motifs is 3. The Bertz CT molecular complexity index is 4270. The van der Waals surface area contributed by atoms with Gasteiger partial charge in [0.05, 0.1) is 11.0 Å². The molecule has 0 amide bonds. The van der Waals surface area contributed by atoms with Crippen LogP contribution in [0.3, 0.4) is 0 Å². The first-order valence-corrected chi connectivity index (χ1v) is 28.3. The van der Waals surface area contributed by atoms with Crippen LogP contribution in [0.1, 0.15) is 45.2 Å². The molecule has 11 aromatic carbocycles. The van der Waals surface area contributed by atoms with E-state index in [9.17, 15) is 0 Å². The lowest BCUT2D eigenvalue weighted by Gasteiger charge is -2.47. The molecule has 0 saturated carbocycles.